The third-order valence-corrected chi connectivity index (χ3v) is 5.59. The maximum Gasteiger partial charge on any atom is 0.123 e. The van der Waals surface area contributed by atoms with E-state index in [1.165, 1.54) is 36.8 Å². The Kier molecular flexibility index (Phi) is 4.77. The minimum absolute atomic E-state index is 0.196. The van der Waals surface area contributed by atoms with E-state index in [0.29, 0.717) is 0 Å². The number of methoxy groups -OCH3 is 1. The molecule has 2 aliphatic rings. The molecule has 1 aromatic heterocycles. The van der Waals surface area contributed by atoms with Gasteiger partial charge in [-0.15, -0.1) is 0 Å². The van der Waals surface area contributed by atoms with Crippen molar-refractivity contribution in [3.05, 3.63) is 47.8 Å². The largest absolute Gasteiger partial charge is 0.496 e. The van der Waals surface area contributed by atoms with E-state index in [1.54, 1.807) is 7.11 Å². The maximum atomic E-state index is 6.04. The maximum absolute atomic E-state index is 6.04. The van der Waals surface area contributed by atoms with Crippen LogP contribution in [0.2, 0.25) is 0 Å². The lowest BCUT2D eigenvalue weighted by molar-refractivity contribution is -0.0447. The van der Waals surface area contributed by atoms with E-state index < -0.39 is 0 Å². The van der Waals surface area contributed by atoms with Gasteiger partial charge in [-0.2, -0.15) is 5.10 Å². The minimum atomic E-state index is 0.196. The lowest BCUT2D eigenvalue weighted by Crippen LogP contribution is -2.43. The molecule has 2 fully saturated rings. The topological polar surface area (TPSA) is 39.5 Å². The molecule has 5 nitrogen and oxygen atoms in total. The van der Waals surface area contributed by atoms with Crippen LogP contribution in [-0.2, 0) is 17.8 Å². The summed E-state index contributed by atoms with van der Waals surface area (Å²) in [5.41, 5.74) is 2.71. The van der Waals surface area contributed by atoms with Crippen LogP contribution in [0.5, 0.6) is 5.75 Å². The van der Waals surface area contributed by atoms with E-state index in [-0.39, 0.29) is 5.60 Å². The molecular weight excluding hydrogens is 314 g/mol. The fraction of sp³-hybridized carbons (Fsp3) is 0.550. The minimum Gasteiger partial charge on any atom is -0.496 e. The molecule has 5 heteroatoms. The number of benzene rings is 1. The third kappa shape index (κ3) is 3.72. The van der Waals surface area contributed by atoms with Crippen molar-refractivity contribution in [1.82, 2.24) is 14.7 Å². The Hall–Kier alpha value is -1.85. The summed E-state index contributed by atoms with van der Waals surface area (Å²) in [6.45, 7) is 4.93. The molecule has 0 N–H and O–H groups in total. The van der Waals surface area contributed by atoms with Gasteiger partial charge < -0.3 is 9.47 Å². The molecule has 0 saturated carbocycles. The molecule has 3 heterocycles. The van der Waals surface area contributed by atoms with Crippen molar-refractivity contribution in [2.75, 3.05) is 26.8 Å². The van der Waals surface area contributed by atoms with Crippen LogP contribution >= 0.6 is 0 Å². The fourth-order valence-electron chi connectivity index (χ4n) is 4.15. The first-order chi connectivity index (χ1) is 12.3. The summed E-state index contributed by atoms with van der Waals surface area (Å²) >= 11 is 0. The zero-order valence-corrected chi connectivity index (χ0v) is 15.0. The average Bonchev–Trinajstić information content (AvgIpc) is 3.30. The number of ether oxygens (including phenoxy) is 2. The van der Waals surface area contributed by atoms with Crippen LogP contribution in [0.15, 0.2) is 36.7 Å². The Morgan fingerprint density at radius 1 is 1.20 bits per heavy atom. The molecule has 134 valence electrons. The number of hydrogen-bond donors (Lipinski definition) is 0. The van der Waals surface area contributed by atoms with Gasteiger partial charge in [-0.1, -0.05) is 6.07 Å². The normalized spacial score (nSPS) is 20.2. The van der Waals surface area contributed by atoms with Crippen LogP contribution in [0.4, 0.5) is 0 Å². The SMILES string of the molecule is COc1ccc(CN2CCC3(CCCO3)CC2)cc1Cn1cccn1. The number of likely N-dealkylation sites (tertiary alicyclic amines) is 1. The van der Waals surface area contributed by atoms with E-state index in [0.717, 1.165) is 38.5 Å². The molecule has 0 bridgehead atoms. The molecule has 4 rings (SSSR count). The third-order valence-electron chi connectivity index (χ3n) is 5.59. The van der Waals surface area contributed by atoms with Crippen molar-refractivity contribution in [3.8, 4) is 5.75 Å². The lowest BCUT2D eigenvalue weighted by atomic mass is 9.88. The molecule has 0 atom stereocenters. The van der Waals surface area contributed by atoms with Crippen LogP contribution in [0.3, 0.4) is 0 Å². The summed E-state index contributed by atoms with van der Waals surface area (Å²) in [6, 6.07) is 8.48. The summed E-state index contributed by atoms with van der Waals surface area (Å²) in [7, 11) is 1.73. The molecule has 2 saturated heterocycles. The van der Waals surface area contributed by atoms with E-state index in [1.807, 2.05) is 23.1 Å². The van der Waals surface area contributed by atoms with Gasteiger partial charge in [0.05, 0.1) is 19.3 Å². The average molecular weight is 341 g/mol. The lowest BCUT2D eigenvalue weighted by Gasteiger charge is -2.38. The molecule has 25 heavy (non-hydrogen) atoms. The molecule has 1 spiro atoms. The van der Waals surface area contributed by atoms with Crippen LogP contribution in [-0.4, -0.2) is 47.1 Å². The van der Waals surface area contributed by atoms with Crippen molar-refractivity contribution in [3.63, 3.8) is 0 Å². The van der Waals surface area contributed by atoms with Crippen molar-refractivity contribution in [2.45, 2.75) is 44.4 Å². The highest BCUT2D eigenvalue weighted by atomic mass is 16.5. The van der Waals surface area contributed by atoms with Crippen LogP contribution < -0.4 is 4.74 Å². The van der Waals surface area contributed by atoms with E-state index in [4.69, 9.17) is 9.47 Å². The monoisotopic (exact) mass is 341 g/mol. The van der Waals surface area contributed by atoms with E-state index in [9.17, 15) is 0 Å². The van der Waals surface area contributed by atoms with Gasteiger partial charge in [-0.05, 0) is 49.4 Å². The Labute approximate surface area is 149 Å². The van der Waals surface area contributed by atoms with Gasteiger partial charge in [0.25, 0.3) is 0 Å². The number of rotatable bonds is 5. The van der Waals surface area contributed by atoms with Gasteiger partial charge in [0.1, 0.15) is 5.75 Å². The Morgan fingerprint density at radius 2 is 2.08 bits per heavy atom. The Morgan fingerprint density at radius 3 is 2.76 bits per heavy atom. The highest BCUT2D eigenvalue weighted by molar-refractivity contribution is 5.37. The van der Waals surface area contributed by atoms with Crippen LogP contribution in [0.25, 0.3) is 0 Å². The molecule has 2 aliphatic heterocycles. The summed E-state index contributed by atoms with van der Waals surface area (Å²) in [5.74, 6) is 0.927. The molecule has 0 aliphatic carbocycles. The fourth-order valence-corrected chi connectivity index (χ4v) is 4.15. The van der Waals surface area contributed by atoms with Crippen LogP contribution in [0.1, 0.15) is 36.8 Å². The van der Waals surface area contributed by atoms with Crippen molar-refractivity contribution < 1.29 is 9.47 Å². The number of piperidine rings is 1. The Bertz CT molecular complexity index is 683. The van der Waals surface area contributed by atoms with Gasteiger partial charge in [0, 0.05) is 44.2 Å². The highest BCUT2D eigenvalue weighted by Crippen LogP contribution is 2.36. The second-order valence-electron chi connectivity index (χ2n) is 7.26. The van der Waals surface area contributed by atoms with Crippen molar-refractivity contribution in [2.24, 2.45) is 0 Å². The number of nitrogens with zero attached hydrogens (tertiary/aromatic N) is 3. The second-order valence-corrected chi connectivity index (χ2v) is 7.26. The summed E-state index contributed by atoms with van der Waals surface area (Å²) in [5, 5.41) is 4.31. The van der Waals surface area contributed by atoms with Gasteiger partial charge in [-0.3, -0.25) is 9.58 Å². The summed E-state index contributed by atoms with van der Waals surface area (Å²) < 4.78 is 13.5. The predicted octanol–water partition coefficient (Wildman–Crippen LogP) is 3.09. The molecule has 2 aromatic rings. The summed E-state index contributed by atoms with van der Waals surface area (Å²) in [4.78, 5) is 2.55. The van der Waals surface area contributed by atoms with Crippen molar-refractivity contribution >= 4 is 0 Å². The van der Waals surface area contributed by atoms with Gasteiger partial charge >= 0.3 is 0 Å². The van der Waals surface area contributed by atoms with Gasteiger partial charge in [-0.25, -0.2) is 0 Å². The first kappa shape index (κ1) is 16.6. The first-order valence-corrected chi connectivity index (χ1v) is 9.26. The van der Waals surface area contributed by atoms with Crippen LogP contribution in [0, 0.1) is 0 Å². The quantitative estimate of drug-likeness (QED) is 0.838. The van der Waals surface area contributed by atoms with E-state index >= 15 is 0 Å². The van der Waals surface area contributed by atoms with Gasteiger partial charge in [0.2, 0.25) is 0 Å². The zero-order chi connectivity index (χ0) is 17.1. The Balaban J connectivity index is 1.42. The zero-order valence-electron chi connectivity index (χ0n) is 15.0. The van der Waals surface area contributed by atoms with Crippen molar-refractivity contribution in [1.29, 1.82) is 0 Å². The molecule has 1 aromatic carbocycles. The molecule has 0 amide bonds. The van der Waals surface area contributed by atoms with Gasteiger partial charge in [0.15, 0.2) is 0 Å². The molecule has 0 radical (unpaired) electrons. The second kappa shape index (κ2) is 7.18. The standard InChI is InChI=1S/C20H27N3O2/c1-24-19-5-4-17(14-18(19)16-23-10-3-9-21-23)15-22-11-7-20(8-12-22)6-2-13-25-20/h3-5,9-10,14H,2,6-8,11-13,15-16H2,1H3. The molecule has 0 unspecified atom stereocenters. The summed E-state index contributed by atoms with van der Waals surface area (Å²) in [6.07, 6.45) is 8.61. The number of aromatic nitrogens is 2. The number of hydrogen-bond acceptors (Lipinski definition) is 4. The highest BCUT2D eigenvalue weighted by Gasteiger charge is 2.38. The smallest absolute Gasteiger partial charge is 0.123 e. The first-order valence-electron chi connectivity index (χ1n) is 9.26. The molecular formula is C20H27N3O2. The predicted molar refractivity (Wildman–Crippen MR) is 96.8 cm³/mol. The van der Waals surface area contributed by atoms with E-state index in [2.05, 4.69) is 28.2 Å².